The standard InChI is InChI=1S/C25H28NO2/c1-5-22-16-13-19-26(20-21-14-9-8-10-15-21)23(22)17-11-6-7-12-18-24(27)28-25(2,3)4/h1,8-10,13-16,19H,6-7,12,18,20H2,2-4H3/q+1. The van der Waals surface area contributed by atoms with Crippen LogP contribution in [0, 0.1) is 24.2 Å². The van der Waals surface area contributed by atoms with Gasteiger partial charge in [-0.25, -0.2) is 0 Å². The van der Waals surface area contributed by atoms with E-state index in [9.17, 15) is 4.79 Å². The predicted octanol–water partition coefficient (Wildman–Crippen LogP) is 4.26. The van der Waals surface area contributed by atoms with Gasteiger partial charge in [0.25, 0.3) is 5.69 Å². The average molecular weight is 375 g/mol. The molecule has 0 saturated carbocycles. The van der Waals surface area contributed by atoms with Crippen molar-refractivity contribution >= 4 is 5.97 Å². The highest BCUT2D eigenvalue weighted by Gasteiger charge is 2.15. The largest absolute Gasteiger partial charge is 0.460 e. The molecule has 144 valence electrons. The zero-order valence-corrected chi connectivity index (χ0v) is 17.0. The van der Waals surface area contributed by atoms with E-state index in [1.165, 1.54) is 5.56 Å². The molecule has 28 heavy (non-hydrogen) atoms. The van der Waals surface area contributed by atoms with Gasteiger partial charge in [-0.05, 0) is 39.7 Å². The van der Waals surface area contributed by atoms with Crippen molar-refractivity contribution in [2.24, 2.45) is 0 Å². The third kappa shape index (κ3) is 7.29. The molecule has 0 radical (unpaired) electrons. The minimum Gasteiger partial charge on any atom is -0.460 e. The molecule has 0 aliphatic rings. The maximum Gasteiger partial charge on any atom is 0.306 e. The molecule has 0 N–H and O–H groups in total. The quantitative estimate of drug-likeness (QED) is 0.327. The number of terminal acetylenes is 1. The molecule has 0 bridgehead atoms. The Morgan fingerprint density at radius 3 is 2.54 bits per heavy atom. The van der Waals surface area contributed by atoms with Crippen LogP contribution in [0.25, 0.3) is 0 Å². The molecule has 2 aromatic rings. The minimum atomic E-state index is -0.428. The molecule has 0 aliphatic heterocycles. The zero-order chi connectivity index (χ0) is 20.4. The second kappa shape index (κ2) is 10.3. The van der Waals surface area contributed by atoms with E-state index >= 15 is 0 Å². The summed E-state index contributed by atoms with van der Waals surface area (Å²) < 4.78 is 7.40. The zero-order valence-electron chi connectivity index (χ0n) is 17.0. The number of hydrogen-bond acceptors (Lipinski definition) is 2. The number of rotatable bonds is 6. The number of nitrogens with zero attached hydrogens (tertiary/aromatic N) is 1. The van der Waals surface area contributed by atoms with Crippen LogP contribution < -0.4 is 4.57 Å². The molecular formula is C25H28NO2+. The smallest absolute Gasteiger partial charge is 0.306 e. The fraction of sp³-hybridized carbons (Fsp3) is 0.360. The number of carbonyl (C=O) groups excluding carboxylic acids is 1. The van der Waals surface area contributed by atoms with Gasteiger partial charge in [-0.1, -0.05) is 42.2 Å². The van der Waals surface area contributed by atoms with E-state index in [4.69, 9.17) is 11.2 Å². The second-order valence-corrected chi connectivity index (χ2v) is 7.62. The maximum atomic E-state index is 11.7. The normalized spacial score (nSPS) is 10.5. The van der Waals surface area contributed by atoms with Crippen LogP contribution >= 0.6 is 0 Å². The van der Waals surface area contributed by atoms with Crippen LogP contribution in [0.1, 0.15) is 63.3 Å². The van der Waals surface area contributed by atoms with Crippen molar-refractivity contribution in [3.63, 3.8) is 0 Å². The van der Waals surface area contributed by atoms with Gasteiger partial charge in [-0.15, -0.1) is 6.42 Å². The van der Waals surface area contributed by atoms with Gasteiger partial charge in [0.05, 0.1) is 0 Å². The summed E-state index contributed by atoms with van der Waals surface area (Å²) in [6.07, 6.45) is 10.4. The molecule has 3 nitrogen and oxygen atoms in total. The van der Waals surface area contributed by atoms with Crippen molar-refractivity contribution in [2.45, 2.75) is 58.6 Å². The lowest BCUT2D eigenvalue weighted by atomic mass is 10.1. The van der Waals surface area contributed by atoms with Gasteiger partial charge < -0.3 is 4.74 Å². The third-order valence-electron chi connectivity index (χ3n) is 3.98. The lowest BCUT2D eigenvalue weighted by molar-refractivity contribution is -0.690. The molecule has 2 rings (SSSR count). The summed E-state index contributed by atoms with van der Waals surface area (Å²) in [6.45, 7) is 6.36. The SMILES string of the molecule is C#Cc1ccc[n+](Cc2ccccc2)c1C#CCCCCC(=O)OC(C)(C)C. The van der Waals surface area contributed by atoms with E-state index in [2.05, 4.69) is 34.5 Å². The summed E-state index contributed by atoms with van der Waals surface area (Å²) in [5.41, 5.74) is 2.41. The molecule has 1 aromatic heterocycles. The Bertz CT molecular complexity index is 890. The van der Waals surface area contributed by atoms with Crippen LogP contribution in [0.2, 0.25) is 0 Å². The fourth-order valence-electron chi connectivity index (χ4n) is 2.74. The van der Waals surface area contributed by atoms with Crippen molar-refractivity contribution in [3.8, 4) is 24.2 Å². The van der Waals surface area contributed by atoms with Crippen LogP contribution in [-0.4, -0.2) is 11.6 Å². The van der Waals surface area contributed by atoms with Gasteiger partial charge in [0.1, 0.15) is 11.2 Å². The van der Waals surface area contributed by atoms with Crippen LogP contribution in [0.4, 0.5) is 0 Å². The number of ether oxygens (including phenoxy) is 1. The van der Waals surface area contributed by atoms with E-state index in [1.807, 2.05) is 57.3 Å². The van der Waals surface area contributed by atoms with Gasteiger partial charge in [0.2, 0.25) is 0 Å². The molecule has 0 spiro atoms. The summed E-state index contributed by atoms with van der Waals surface area (Å²) in [4.78, 5) is 11.7. The average Bonchev–Trinajstić information content (AvgIpc) is 2.64. The number of esters is 1. The van der Waals surface area contributed by atoms with Crippen molar-refractivity contribution in [1.82, 2.24) is 0 Å². The number of benzene rings is 1. The predicted molar refractivity (Wildman–Crippen MR) is 111 cm³/mol. The van der Waals surface area contributed by atoms with Crippen LogP contribution in [-0.2, 0) is 16.1 Å². The van der Waals surface area contributed by atoms with E-state index in [0.717, 1.165) is 30.6 Å². The Labute approximate surface area is 168 Å². The summed E-state index contributed by atoms with van der Waals surface area (Å²) in [5.74, 6) is 9.01. The first-order valence-corrected chi connectivity index (χ1v) is 9.63. The highest BCUT2D eigenvalue weighted by Crippen LogP contribution is 2.10. The molecule has 0 atom stereocenters. The molecular weight excluding hydrogens is 346 g/mol. The molecule has 0 fully saturated rings. The van der Waals surface area contributed by atoms with Crippen LogP contribution in [0.3, 0.4) is 0 Å². The summed E-state index contributed by atoms with van der Waals surface area (Å²) in [6, 6.07) is 14.1. The Kier molecular flexibility index (Phi) is 7.85. The fourth-order valence-corrected chi connectivity index (χ4v) is 2.74. The van der Waals surface area contributed by atoms with E-state index in [-0.39, 0.29) is 5.97 Å². The second-order valence-electron chi connectivity index (χ2n) is 7.62. The van der Waals surface area contributed by atoms with Crippen LogP contribution in [0.15, 0.2) is 48.7 Å². The first kappa shape index (κ1) is 21.3. The first-order valence-electron chi connectivity index (χ1n) is 9.63. The van der Waals surface area contributed by atoms with Gasteiger partial charge in [0, 0.05) is 30.4 Å². The Hall–Kier alpha value is -3.04. The van der Waals surface area contributed by atoms with E-state index in [1.54, 1.807) is 0 Å². The van der Waals surface area contributed by atoms with Crippen molar-refractivity contribution in [3.05, 3.63) is 65.5 Å². The lowest BCUT2D eigenvalue weighted by Crippen LogP contribution is -2.38. The third-order valence-corrected chi connectivity index (χ3v) is 3.98. The highest BCUT2D eigenvalue weighted by atomic mass is 16.6. The Morgan fingerprint density at radius 2 is 1.86 bits per heavy atom. The summed E-state index contributed by atoms with van der Waals surface area (Å²) in [7, 11) is 0. The van der Waals surface area contributed by atoms with Crippen LogP contribution in [0.5, 0.6) is 0 Å². The van der Waals surface area contributed by atoms with Gasteiger partial charge in [0.15, 0.2) is 12.7 Å². The van der Waals surface area contributed by atoms with Crippen molar-refractivity contribution in [2.75, 3.05) is 0 Å². The number of aromatic nitrogens is 1. The monoisotopic (exact) mass is 374 g/mol. The number of hydrogen-bond donors (Lipinski definition) is 0. The lowest BCUT2D eigenvalue weighted by Gasteiger charge is -2.19. The molecule has 3 heteroatoms. The molecule has 0 saturated heterocycles. The number of carbonyl (C=O) groups is 1. The number of unbranched alkanes of at least 4 members (excludes halogenated alkanes) is 2. The van der Waals surface area contributed by atoms with Gasteiger partial charge in [-0.3, -0.25) is 4.79 Å². The first-order chi connectivity index (χ1) is 13.4. The molecule has 1 heterocycles. The molecule has 0 aliphatic carbocycles. The Morgan fingerprint density at radius 1 is 1.11 bits per heavy atom. The highest BCUT2D eigenvalue weighted by molar-refractivity contribution is 5.69. The number of pyridine rings is 1. The topological polar surface area (TPSA) is 30.2 Å². The molecule has 0 amide bonds. The molecule has 0 unspecified atom stereocenters. The molecule has 1 aromatic carbocycles. The Balaban J connectivity index is 1.97. The van der Waals surface area contributed by atoms with Crippen molar-refractivity contribution in [1.29, 1.82) is 0 Å². The maximum absolute atomic E-state index is 11.7. The summed E-state index contributed by atoms with van der Waals surface area (Å²) in [5, 5.41) is 0. The van der Waals surface area contributed by atoms with E-state index < -0.39 is 5.60 Å². The van der Waals surface area contributed by atoms with Crippen molar-refractivity contribution < 1.29 is 14.1 Å². The van der Waals surface area contributed by atoms with Gasteiger partial charge in [-0.2, -0.15) is 4.57 Å². The summed E-state index contributed by atoms with van der Waals surface area (Å²) >= 11 is 0. The van der Waals surface area contributed by atoms with E-state index in [0.29, 0.717) is 12.8 Å². The van der Waals surface area contributed by atoms with Gasteiger partial charge >= 0.3 is 5.97 Å². The minimum absolute atomic E-state index is 0.154.